The Morgan fingerprint density at radius 2 is 1.74 bits per heavy atom. The van der Waals surface area contributed by atoms with E-state index in [1.807, 2.05) is 6.07 Å². The van der Waals surface area contributed by atoms with Gasteiger partial charge < -0.3 is 10.6 Å². The lowest BCUT2D eigenvalue weighted by Gasteiger charge is -2.08. The number of hydrogen-bond acceptors (Lipinski definition) is 5. The highest BCUT2D eigenvalue weighted by Gasteiger charge is 2.21. The topological polar surface area (TPSA) is 119 Å². The molecule has 0 saturated heterocycles. The van der Waals surface area contributed by atoms with Crippen LogP contribution in [-0.4, -0.2) is 33.6 Å². The molecule has 3 rings (SSSR count). The number of amides is 2. The number of nitrogens with one attached hydrogen (secondary N) is 2. The third kappa shape index (κ3) is 4.95. The summed E-state index contributed by atoms with van der Waals surface area (Å²) in [6, 6.07) is 14.0. The average Bonchev–Trinajstić information content (AvgIpc) is 3.05. The number of hydrogen-bond donors (Lipinski definition) is 2. The average molecular weight is 421 g/mol. The molecule has 1 aromatic heterocycles. The molecule has 31 heavy (non-hydrogen) atoms. The lowest BCUT2D eigenvalue weighted by atomic mass is 10.1. The minimum Gasteiger partial charge on any atom is -0.355 e. The van der Waals surface area contributed by atoms with Gasteiger partial charge in [0.2, 0.25) is 0 Å². The fraction of sp³-hybridized carbons (Fsp3) is 0.227. The van der Waals surface area contributed by atoms with E-state index in [4.69, 9.17) is 0 Å². The minimum absolute atomic E-state index is 0.0245. The first-order valence-electron chi connectivity index (χ1n) is 9.66. The summed E-state index contributed by atoms with van der Waals surface area (Å²) in [5, 5.41) is 20.8. The van der Waals surface area contributed by atoms with Crippen LogP contribution in [0.2, 0.25) is 0 Å². The molecule has 9 nitrogen and oxygen atoms in total. The van der Waals surface area contributed by atoms with E-state index >= 15 is 0 Å². The van der Waals surface area contributed by atoms with E-state index in [1.54, 1.807) is 68.0 Å². The molecule has 2 aromatic carbocycles. The Balaban J connectivity index is 1.64. The predicted molar refractivity (Wildman–Crippen MR) is 115 cm³/mol. The van der Waals surface area contributed by atoms with Crippen molar-refractivity contribution < 1.29 is 14.5 Å². The van der Waals surface area contributed by atoms with Crippen molar-refractivity contribution in [3.05, 3.63) is 92.3 Å². The van der Waals surface area contributed by atoms with E-state index in [1.165, 1.54) is 0 Å². The third-order valence-electron chi connectivity index (χ3n) is 4.94. The molecular formula is C22H23N5O4. The van der Waals surface area contributed by atoms with Gasteiger partial charge in [-0.2, -0.15) is 5.10 Å². The van der Waals surface area contributed by atoms with Crippen LogP contribution in [0, 0.1) is 24.0 Å². The smallest absolute Gasteiger partial charge is 0.312 e. The molecule has 2 amide bonds. The van der Waals surface area contributed by atoms with Crippen molar-refractivity contribution in [1.29, 1.82) is 0 Å². The Morgan fingerprint density at radius 1 is 1.03 bits per heavy atom. The highest BCUT2D eigenvalue weighted by Crippen LogP contribution is 2.22. The van der Waals surface area contributed by atoms with Gasteiger partial charge in [0, 0.05) is 24.7 Å². The van der Waals surface area contributed by atoms with E-state index in [2.05, 4.69) is 15.7 Å². The largest absolute Gasteiger partial charge is 0.355 e. The predicted octanol–water partition coefficient (Wildman–Crippen LogP) is 2.75. The Hall–Kier alpha value is -4.01. The molecule has 0 aliphatic carbocycles. The summed E-state index contributed by atoms with van der Waals surface area (Å²) in [6.07, 6.45) is 0. The first-order chi connectivity index (χ1) is 14.8. The summed E-state index contributed by atoms with van der Waals surface area (Å²) in [4.78, 5) is 34.9. The molecule has 160 valence electrons. The molecule has 0 bridgehead atoms. The summed E-state index contributed by atoms with van der Waals surface area (Å²) in [7, 11) is 1.57. The van der Waals surface area contributed by atoms with Gasteiger partial charge in [-0.3, -0.25) is 24.4 Å². The van der Waals surface area contributed by atoms with E-state index in [0.717, 1.165) is 11.1 Å². The second-order valence-electron chi connectivity index (χ2n) is 7.09. The molecule has 0 atom stereocenters. The third-order valence-corrected chi connectivity index (χ3v) is 4.94. The number of benzene rings is 2. The first kappa shape index (κ1) is 21.7. The van der Waals surface area contributed by atoms with E-state index < -0.39 is 4.92 Å². The van der Waals surface area contributed by atoms with Crippen LogP contribution in [-0.2, 0) is 13.1 Å². The maximum absolute atomic E-state index is 12.5. The van der Waals surface area contributed by atoms with Crippen molar-refractivity contribution in [3.63, 3.8) is 0 Å². The van der Waals surface area contributed by atoms with Gasteiger partial charge in [-0.15, -0.1) is 0 Å². The standard InChI is InChI=1S/C22H23N5O4/c1-14-20(27(30)31)15(2)26(25-14)13-16-7-9-18(10-8-16)22(29)24-12-17-5-4-6-19(11-17)21(28)23-3/h4-11H,12-13H2,1-3H3,(H,23,28)(H,24,29). The lowest BCUT2D eigenvalue weighted by Crippen LogP contribution is -2.23. The van der Waals surface area contributed by atoms with Gasteiger partial charge >= 0.3 is 5.69 Å². The van der Waals surface area contributed by atoms with Crippen LogP contribution < -0.4 is 10.6 Å². The maximum atomic E-state index is 12.5. The normalized spacial score (nSPS) is 10.5. The molecule has 0 unspecified atom stereocenters. The molecule has 0 saturated carbocycles. The molecule has 0 fully saturated rings. The van der Waals surface area contributed by atoms with E-state index in [-0.39, 0.29) is 17.5 Å². The highest BCUT2D eigenvalue weighted by molar-refractivity contribution is 5.95. The molecular weight excluding hydrogens is 398 g/mol. The summed E-state index contributed by atoms with van der Waals surface area (Å²) in [5.74, 6) is -0.421. The van der Waals surface area contributed by atoms with Crippen molar-refractivity contribution in [2.75, 3.05) is 7.05 Å². The van der Waals surface area contributed by atoms with Crippen molar-refractivity contribution in [1.82, 2.24) is 20.4 Å². The van der Waals surface area contributed by atoms with Gasteiger partial charge in [0.1, 0.15) is 11.4 Å². The minimum atomic E-state index is -0.425. The molecule has 0 spiro atoms. The molecule has 0 aliphatic heterocycles. The van der Waals surface area contributed by atoms with Crippen molar-refractivity contribution in [2.45, 2.75) is 26.9 Å². The number of rotatable bonds is 7. The zero-order valence-corrected chi connectivity index (χ0v) is 17.5. The van der Waals surface area contributed by atoms with Gasteiger partial charge in [-0.05, 0) is 49.2 Å². The molecule has 1 heterocycles. The molecule has 0 aliphatic rings. The summed E-state index contributed by atoms with van der Waals surface area (Å²) < 4.78 is 1.59. The Morgan fingerprint density at radius 3 is 2.35 bits per heavy atom. The van der Waals surface area contributed by atoms with Crippen LogP contribution in [0.4, 0.5) is 5.69 Å². The second-order valence-corrected chi connectivity index (χ2v) is 7.09. The second kappa shape index (κ2) is 9.21. The molecule has 9 heteroatoms. The van der Waals surface area contributed by atoms with Crippen LogP contribution in [0.1, 0.15) is 43.2 Å². The van der Waals surface area contributed by atoms with Gasteiger partial charge in [0.05, 0.1) is 11.5 Å². The zero-order chi connectivity index (χ0) is 22.5. The van der Waals surface area contributed by atoms with Gasteiger partial charge in [-0.25, -0.2) is 0 Å². The monoisotopic (exact) mass is 421 g/mol. The van der Waals surface area contributed by atoms with Crippen LogP contribution in [0.3, 0.4) is 0 Å². The summed E-state index contributed by atoms with van der Waals surface area (Å²) in [6.45, 7) is 3.94. The van der Waals surface area contributed by atoms with Crippen LogP contribution in [0.15, 0.2) is 48.5 Å². The van der Waals surface area contributed by atoms with Crippen molar-refractivity contribution in [3.8, 4) is 0 Å². The number of carbonyl (C=O) groups is 2. The number of aryl methyl sites for hydroxylation is 1. The van der Waals surface area contributed by atoms with Crippen LogP contribution >= 0.6 is 0 Å². The van der Waals surface area contributed by atoms with E-state index in [0.29, 0.717) is 35.6 Å². The van der Waals surface area contributed by atoms with E-state index in [9.17, 15) is 19.7 Å². The number of aromatic nitrogens is 2. The maximum Gasteiger partial charge on any atom is 0.312 e. The van der Waals surface area contributed by atoms with Crippen LogP contribution in [0.25, 0.3) is 0 Å². The fourth-order valence-electron chi connectivity index (χ4n) is 3.29. The van der Waals surface area contributed by atoms with Gasteiger partial charge in [0.15, 0.2) is 0 Å². The SMILES string of the molecule is CNC(=O)c1cccc(CNC(=O)c2ccc(Cn3nc(C)c([N+](=O)[O-])c3C)cc2)c1. The Labute approximate surface area is 179 Å². The van der Waals surface area contributed by atoms with Crippen molar-refractivity contribution >= 4 is 17.5 Å². The number of nitrogens with zero attached hydrogens (tertiary/aromatic N) is 3. The number of nitro groups is 1. The quantitative estimate of drug-likeness (QED) is 0.449. The summed E-state index contributed by atoms with van der Waals surface area (Å²) in [5.41, 5.74) is 3.60. The van der Waals surface area contributed by atoms with Gasteiger partial charge in [-0.1, -0.05) is 24.3 Å². The lowest BCUT2D eigenvalue weighted by molar-refractivity contribution is -0.386. The number of carbonyl (C=O) groups excluding carboxylic acids is 2. The van der Waals surface area contributed by atoms with Crippen molar-refractivity contribution in [2.24, 2.45) is 0 Å². The van der Waals surface area contributed by atoms with Crippen LogP contribution in [0.5, 0.6) is 0 Å². The fourth-order valence-corrected chi connectivity index (χ4v) is 3.29. The Bertz CT molecular complexity index is 1140. The molecule has 0 radical (unpaired) electrons. The zero-order valence-electron chi connectivity index (χ0n) is 17.5. The highest BCUT2D eigenvalue weighted by atomic mass is 16.6. The molecule has 2 N–H and O–H groups in total. The summed E-state index contributed by atoms with van der Waals surface area (Å²) >= 11 is 0. The first-order valence-corrected chi connectivity index (χ1v) is 9.66. The Kier molecular flexibility index (Phi) is 6.44. The molecule has 3 aromatic rings. The van der Waals surface area contributed by atoms with Gasteiger partial charge in [0.25, 0.3) is 11.8 Å².